The van der Waals surface area contributed by atoms with Crippen LogP contribution in [0.25, 0.3) is 0 Å². The van der Waals surface area contributed by atoms with Crippen molar-refractivity contribution >= 4 is 21.9 Å². The molecule has 0 aliphatic heterocycles. The van der Waals surface area contributed by atoms with Crippen molar-refractivity contribution in [2.75, 3.05) is 11.9 Å². The Morgan fingerprint density at radius 3 is 2.83 bits per heavy atom. The van der Waals surface area contributed by atoms with Crippen molar-refractivity contribution in [2.24, 2.45) is 10.8 Å². The van der Waals surface area contributed by atoms with E-state index in [1.54, 1.807) is 5.59 Å². The Hall–Kier alpha value is -0.930. The van der Waals surface area contributed by atoms with Crippen molar-refractivity contribution in [1.29, 1.82) is 0 Å². The van der Waals surface area contributed by atoms with Gasteiger partial charge in [0.15, 0.2) is 5.03 Å². The second kappa shape index (κ2) is 5.69. The van der Waals surface area contributed by atoms with E-state index < -0.39 is 11.0 Å². The molecule has 0 aliphatic rings. The largest absolute Gasteiger partial charge is 0.363 e. The molecule has 0 radical (unpaired) electrons. The third-order valence-corrected chi connectivity index (χ3v) is 1.24. The summed E-state index contributed by atoms with van der Waals surface area (Å²) < 4.78 is 0. The maximum Gasteiger partial charge on any atom is 0.284 e. The molecule has 0 unspecified atom stereocenters. The second-order valence-electron chi connectivity index (χ2n) is 1.64. The zero-order chi connectivity index (χ0) is 9.56. The second-order valence-corrected chi connectivity index (χ2v) is 2.43. The molecule has 0 spiro atoms. The van der Waals surface area contributed by atoms with Crippen molar-refractivity contribution in [3.63, 3.8) is 0 Å². The number of nitrogens with two attached hydrogens (primary N) is 1. The third kappa shape index (κ3) is 4.05. The highest BCUT2D eigenvalue weighted by molar-refractivity contribution is 9.09. The molecule has 9 heteroatoms. The van der Waals surface area contributed by atoms with Crippen LogP contribution >= 0.6 is 15.9 Å². The first-order valence-electron chi connectivity index (χ1n) is 2.83. The van der Waals surface area contributed by atoms with Crippen LogP contribution in [0.1, 0.15) is 0 Å². The van der Waals surface area contributed by atoms with Gasteiger partial charge in [-0.1, -0.05) is 15.9 Å². The number of rotatable bonds is 4. The number of halogens is 1. The molecule has 8 nitrogen and oxygen atoms in total. The van der Waals surface area contributed by atoms with Gasteiger partial charge in [0, 0.05) is 11.9 Å². The molecule has 0 atom stereocenters. The summed E-state index contributed by atoms with van der Waals surface area (Å²) in [4.78, 5) is 9.82. The van der Waals surface area contributed by atoms with Gasteiger partial charge < -0.3 is 5.73 Å². The first-order valence-corrected chi connectivity index (χ1v) is 3.95. The lowest BCUT2D eigenvalue weighted by Gasteiger charge is -2.16. The molecule has 0 heterocycles. The average Bonchev–Trinajstić information content (AvgIpc) is 1.98. The quantitative estimate of drug-likeness (QED) is 0.193. The van der Waals surface area contributed by atoms with Crippen LogP contribution in [0.5, 0.6) is 0 Å². The first-order chi connectivity index (χ1) is 5.61. The van der Waals surface area contributed by atoms with Gasteiger partial charge in [-0.2, -0.15) is 0 Å². The lowest BCUT2D eigenvalue weighted by atomic mass is 10.7. The first kappa shape index (κ1) is 11.1. The number of nitro groups is 1. The van der Waals surface area contributed by atoms with Crippen LogP contribution in [0.4, 0.5) is 0 Å². The molecule has 0 saturated heterocycles. The van der Waals surface area contributed by atoms with E-state index in [2.05, 4.69) is 21.0 Å². The van der Waals surface area contributed by atoms with E-state index >= 15 is 0 Å². The normalized spacial score (nSPS) is 11.3. The van der Waals surface area contributed by atoms with Crippen LogP contribution in [-0.2, 0) is 0 Å². The lowest BCUT2D eigenvalue weighted by Crippen LogP contribution is -2.46. The van der Waals surface area contributed by atoms with E-state index in [4.69, 9.17) is 10.9 Å². The number of hydrogen-bond acceptors (Lipinski definition) is 4. The van der Waals surface area contributed by atoms with Gasteiger partial charge in [-0.3, -0.25) is 5.21 Å². The van der Waals surface area contributed by atoms with E-state index in [0.717, 1.165) is 5.01 Å². The minimum absolute atomic E-state index is 0.250. The molecular weight excluding hydrogens is 234 g/mol. The molecule has 0 amide bonds. The van der Waals surface area contributed by atoms with Gasteiger partial charge in [0.1, 0.15) is 5.10 Å². The number of nitrogens with zero attached hydrogens (tertiary/aromatic N) is 3. The van der Waals surface area contributed by atoms with Gasteiger partial charge in [-0.05, 0) is 0 Å². The molecule has 0 aromatic heterocycles. The Kier molecular flexibility index (Phi) is 5.25. The summed E-state index contributed by atoms with van der Waals surface area (Å²) in [6.07, 6.45) is 0. The number of alkyl halides is 1. The fourth-order valence-corrected chi connectivity index (χ4v) is 0.793. The zero-order valence-corrected chi connectivity index (χ0v) is 7.56. The lowest BCUT2D eigenvalue weighted by molar-refractivity contribution is -0.486. The van der Waals surface area contributed by atoms with Crippen LogP contribution in [0.2, 0.25) is 0 Å². The van der Waals surface area contributed by atoms with Gasteiger partial charge in [0.05, 0.1) is 0 Å². The van der Waals surface area contributed by atoms with E-state index in [-0.39, 0.29) is 6.54 Å². The summed E-state index contributed by atoms with van der Waals surface area (Å²) in [6, 6.07) is 0. The van der Waals surface area contributed by atoms with E-state index in [9.17, 15) is 10.1 Å². The van der Waals surface area contributed by atoms with Crippen molar-refractivity contribution < 1.29 is 10.2 Å². The van der Waals surface area contributed by atoms with E-state index in [0.29, 0.717) is 5.33 Å². The SMILES string of the molecule is NC(=N[N+](=O)[O-])N(CCBr)NO. The molecule has 0 bridgehead atoms. The maximum atomic E-state index is 9.82. The maximum absolute atomic E-state index is 9.82. The summed E-state index contributed by atoms with van der Waals surface area (Å²) in [5.74, 6) is -0.415. The Bertz CT molecular complexity index is 185. The summed E-state index contributed by atoms with van der Waals surface area (Å²) in [5.41, 5.74) is 6.76. The number of hydrazone groups is 1. The number of hydrogen-bond donors (Lipinski definition) is 3. The minimum Gasteiger partial charge on any atom is -0.363 e. The summed E-state index contributed by atoms with van der Waals surface area (Å²) in [5, 5.41) is 21.4. The summed E-state index contributed by atoms with van der Waals surface area (Å²) in [7, 11) is 0. The fraction of sp³-hybridized carbons (Fsp3) is 0.667. The van der Waals surface area contributed by atoms with Gasteiger partial charge in [0.2, 0.25) is 0 Å². The molecule has 0 aromatic rings. The van der Waals surface area contributed by atoms with Crippen LogP contribution in [0.15, 0.2) is 5.10 Å². The Balaban J connectivity index is 4.19. The average molecular weight is 242 g/mol. The molecule has 12 heavy (non-hydrogen) atoms. The Labute approximate surface area is 76.2 Å². The van der Waals surface area contributed by atoms with Crippen LogP contribution in [0.3, 0.4) is 0 Å². The summed E-state index contributed by atoms with van der Waals surface area (Å²) in [6.45, 7) is 0.250. The van der Waals surface area contributed by atoms with Crippen LogP contribution in [0, 0.1) is 10.1 Å². The van der Waals surface area contributed by atoms with Crippen molar-refractivity contribution in [2.45, 2.75) is 0 Å². The van der Waals surface area contributed by atoms with Crippen molar-refractivity contribution in [3.05, 3.63) is 10.1 Å². The number of hydrazine groups is 1. The van der Waals surface area contributed by atoms with Gasteiger partial charge >= 0.3 is 0 Å². The minimum atomic E-state index is -0.950. The highest BCUT2D eigenvalue weighted by atomic mass is 79.9. The number of guanidine groups is 1. The topological polar surface area (TPSA) is 117 Å². The standard InChI is InChI=1S/C3H8BrN5O3/c4-1-2-8(7-10)3(5)6-9(11)12/h7,10H,1-2H2,(H2,5,6). The highest BCUT2D eigenvalue weighted by Crippen LogP contribution is 1.86. The van der Waals surface area contributed by atoms with E-state index in [1.165, 1.54) is 0 Å². The van der Waals surface area contributed by atoms with Gasteiger partial charge in [-0.15, -0.1) is 5.59 Å². The van der Waals surface area contributed by atoms with Gasteiger partial charge in [-0.25, -0.2) is 15.1 Å². The predicted molar refractivity (Wildman–Crippen MR) is 44.0 cm³/mol. The monoisotopic (exact) mass is 241 g/mol. The molecule has 70 valence electrons. The molecule has 0 fully saturated rings. The molecule has 4 N–H and O–H groups in total. The molecule has 0 saturated carbocycles. The zero-order valence-electron chi connectivity index (χ0n) is 5.97. The van der Waals surface area contributed by atoms with Crippen LogP contribution < -0.4 is 11.3 Å². The third-order valence-electron chi connectivity index (χ3n) is 0.889. The van der Waals surface area contributed by atoms with Gasteiger partial charge in [0.25, 0.3) is 5.96 Å². The smallest absolute Gasteiger partial charge is 0.284 e. The summed E-state index contributed by atoms with van der Waals surface area (Å²) >= 11 is 3.05. The molecule has 0 rings (SSSR count). The van der Waals surface area contributed by atoms with Crippen molar-refractivity contribution in [3.8, 4) is 0 Å². The van der Waals surface area contributed by atoms with E-state index in [1.807, 2.05) is 0 Å². The highest BCUT2D eigenvalue weighted by Gasteiger charge is 2.08. The molecular formula is C3H8BrN5O3. The predicted octanol–water partition coefficient (Wildman–Crippen LogP) is -0.916. The Morgan fingerprint density at radius 1 is 1.92 bits per heavy atom. The Morgan fingerprint density at radius 2 is 2.50 bits per heavy atom. The molecule has 0 aromatic carbocycles. The number of nitrogens with one attached hydrogen (secondary N) is 1. The molecule has 0 aliphatic carbocycles. The van der Waals surface area contributed by atoms with Crippen LogP contribution in [-0.4, -0.2) is 33.1 Å². The van der Waals surface area contributed by atoms with Crippen molar-refractivity contribution in [1.82, 2.24) is 10.6 Å². The fourth-order valence-electron chi connectivity index (χ4n) is 0.438.